The van der Waals surface area contributed by atoms with Crippen LogP contribution in [0.15, 0.2) is 36.4 Å². The molecule has 0 radical (unpaired) electrons. The van der Waals surface area contributed by atoms with E-state index in [0.29, 0.717) is 5.75 Å². The van der Waals surface area contributed by atoms with Crippen LogP contribution in [-0.2, 0) is 5.33 Å². The third-order valence-corrected chi connectivity index (χ3v) is 3.15. The van der Waals surface area contributed by atoms with E-state index in [1.165, 1.54) is 12.1 Å². The van der Waals surface area contributed by atoms with Gasteiger partial charge in [0.25, 0.3) is 0 Å². The van der Waals surface area contributed by atoms with Crippen molar-refractivity contribution in [2.75, 3.05) is 0 Å². The number of ether oxygens (including phenoxy) is 1. The molecule has 0 amide bonds. The summed E-state index contributed by atoms with van der Waals surface area (Å²) in [4.78, 5) is 0. The van der Waals surface area contributed by atoms with Gasteiger partial charge in [-0.1, -0.05) is 28.1 Å². The monoisotopic (exact) mass is 312 g/mol. The summed E-state index contributed by atoms with van der Waals surface area (Å²) in [6.07, 6.45) is 0. The van der Waals surface area contributed by atoms with Crippen LogP contribution in [0.1, 0.15) is 11.1 Å². The van der Waals surface area contributed by atoms with Crippen LogP contribution in [0.5, 0.6) is 11.5 Å². The summed E-state index contributed by atoms with van der Waals surface area (Å²) in [7, 11) is 0. The molecule has 2 aromatic carbocycles. The quantitative estimate of drug-likeness (QED) is 0.728. The van der Waals surface area contributed by atoms with E-state index in [1.807, 2.05) is 19.1 Å². The van der Waals surface area contributed by atoms with Crippen molar-refractivity contribution in [3.05, 3.63) is 59.2 Å². The van der Waals surface area contributed by atoms with Gasteiger partial charge >= 0.3 is 0 Å². The summed E-state index contributed by atoms with van der Waals surface area (Å²) in [6.45, 7) is 1.88. The molecule has 0 saturated heterocycles. The van der Waals surface area contributed by atoms with Crippen molar-refractivity contribution >= 4 is 15.9 Å². The third-order valence-electron chi connectivity index (χ3n) is 2.51. The maximum Gasteiger partial charge on any atom is 0.168 e. The molecule has 1 nitrogen and oxygen atoms in total. The van der Waals surface area contributed by atoms with E-state index < -0.39 is 11.6 Å². The zero-order chi connectivity index (χ0) is 13.1. The van der Waals surface area contributed by atoms with Crippen LogP contribution in [0, 0.1) is 18.6 Å². The molecule has 0 unspecified atom stereocenters. The summed E-state index contributed by atoms with van der Waals surface area (Å²) in [5.74, 6) is -0.749. The summed E-state index contributed by atoms with van der Waals surface area (Å²) in [5.41, 5.74) is 2.01. The Bertz CT molecular complexity index is 570. The van der Waals surface area contributed by atoms with Crippen LogP contribution in [-0.4, -0.2) is 0 Å². The number of aryl methyl sites for hydroxylation is 1. The van der Waals surface area contributed by atoms with Crippen molar-refractivity contribution < 1.29 is 13.5 Å². The average Bonchev–Trinajstić information content (AvgIpc) is 2.34. The summed E-state index contributed by atoms with van der Waals surface area (Å²) < 4.78 is 31.6. The molecule has 2 aromatic rings. The minimum Gasteiger partial charge on any atom is -0.454 e. The van der Waals surface area contributed by atoms with Gasteiger partial charge in [0, 0.05) is 11.4 Å². The highest BCUT2D eigenvalue weighted by Gasteiger charge is 2.08. The molecule has 94 valence electrons. The second-order valence-electron chi connectivity index (χ2n) is 3.91. The molecule has 0 N–H and O–H groups in total. The van der Waals surface area contributed by atoms with E-state index in [9.17, 15) is 8.78 Å². The Balaban J connectivity index is 2.28. The second kappa shape index (κ2) is 5.48. The fourth-order valence-corrected chi connectivity index (χ4v) is 1.93. The average molecular weight is 313 g/mol. The number of hydrogen-bond donors (Lipinski definition) is 0. The van der Waals surface area contributed by atoms with Crippen LogP contribution in [0.25, 0.3) is 0 Å². The molecular formula is C14H11BrF2O. The van der Waals surface area contributed by atoms with Crippen LogP contribution in [0.4, 0.5) is 8.78 Å². The molecule has 0 aromatic heterocycles. The molecule has 0 bridgehead atoms. The van der Waals surface area contributed by atoms with Gasteiger partial charge in [-0.3, -0.25) is 0 Å². The number of benzene rings is 2. The first-order chi connectivity index (χ1) is 8.60. The van der Waals surface area contributed by atoms with Crippen molar-refractivity contribution in [2.24, 2.45) is 0 Å². The lowest BCUT2D eigenvalue weighted by Gasteiger charge is -2.10. The lowest BCUT2D eigenvalue weighted by Crippen LogP contribution is -1.92. The smallest absolute Gasteiger partial charge is 0.168 e. The normalized spacial score (nSPS) is 10.4. The largest absolute Gasteiger partial charge is 0.454 e. The van der Waals surface area contributed by atoms with Gasteiger partial charge in [-0.05, 0) is 36.2 Å². The van der Waals surface area contributed by atoms with E-state index in [0.717, 1.165) is 22.5 Å². The van der Waals surface area contributed by atoms with Gasteiger partial charge in [0.2, 0.25) is 0 Å². The Morgan fingerprint density at radius 3 is 2.39 bits per heavy atom. The third kappa shape index (κ3) is 2.88. The predicted octanol–water partition coefficient (Wildman–Crippen LogP) is 4.96. The van der Waals surface area contributed by atoms with Gasteiger partial charge < -0.3 is 4.74 Å². The zero-order valence-electron chi connectivity index (χ0n) is 9.71. The fourth-order valence-electron chi connectivity index (χ4n) is 1.59. The van der Waals surface area contributed by atoms with Crippen molar-refractivity contribution in [3.63, 3.8) is 0 Å². The molecule has 0 spiro atoms. The van der Waals surface area contributed by atoms with E-state index in [1.54, 1.807) is 6.07 Å². The highest BCUT2D eigenvalue weighted by atomic mass is 79.9. The van der Waals surface area contributed by atoms with Crippen LogP contribution in [0.3, 0.4) is 0 Å². The Labute approximate surface area is 113 Å². The molecule has 0 atom stereocenters. The van der Waals surface area contributed by atoms with Crippen LogP contribution in [0.2, 0.25) is 0 Å². The highest BCUT2D eigenvalue weighted by molar-refractivity contribution is 9.08. The number of halogens is 3. The van der Waals surface area contributed by atoms with E-state index in [-0.39, 0.29) is 5.75 Å². The van der Waals surface area contributed by atoms with Gasteiger partial charge in [0.05, 0.1) is 0 Å². The standard InChI is InChI=1S/C14H11BrF2O/c1-9-6-10(8-15)2-4-13(9)18-14-5-3-11(16)7-12(14)17/h2-7H,8H2,1H3. The summed E-state index contributed by atoms with van der Waals surface area (Å²) >= 11 is 3.36. The first kappa shape index (κ1) is 13.0. The molecule has 0 aliphatic rings. The Morgan fingerprint density at radius 2 is 1.78 bits per heavy atom. The molecule has 0 aliphatic heterocycles. The van der Waals surface area contributed by atoms with Crippen molar-refractivity contribution in [3.8, 4) is 11.5 Å². The van der Waals surface area contributed by atoms with Gasteiger partial charge in [0.1, 0.15) is 11.6 Å². The fraction of sp³-hybridized carbons (Fsp3) is 0.143. The van der Waals surface area contributed by atoms with Gasteiger partial charge in [-0.15, -0.1) is 0 Å². The van der Waals surface area contributed by atoms with Crippen molar-refractivity contribution in [1.29, 1.82) is 0 Å². The minimum absolute atomic E-state index is 0.0195. The molecular weight excluding hydrogens is 302 g/mol. The van der Waals surface area contributed by atoms with E-state index in [2.05, 4.69) is 15.9 Å². The Kier molecular flexibility index (Phi) is 3.97. The number of hydrogen-bond acceptors (Lipinski definition) is 1. The van der Waals surface area contributed by atoms with Crippen LogP contribution < -0.4 is 4.74 Å². The summed E-state index contributed by atoms with van der Waals surface area (Å²) in [5, 5.41) is 0.749. The number of alkyl halides is 1. The maximum atomic E-state index is 13.4. The number of rotatable bonds is 3. The highest BCUT2D eigenvalue weighted by Crippen LogP contribution is 2.28. The van der Waals surface area contributed by atoms with Crippen molar-refractivity contribution in [2.45, 2.75) is 12.3 Å². The molecule has 0 aliphatic carbocycles. The minimum atomic E-state index is -0.709. The zero-order valence-corrected chi connectivity index (χ0v) is 11.3. The van der Waals surface area contributed by atoms with Gasteiger partial charge in [-0.25, -0.2) is 8.78 Å². The van der Waals surface area contributed by atoms with Gasteiger partial charge in [-0.2, -0.15) is 0 Å². The molecule has 0 saturated carbocycles. The van der Waals surface area contributed by atoms with Gasteiger partial charge in [0.15, 0.2) is 11.6 Å². The van der Waals surface area contributed by atoms with Crippen LogP contribution >= 0.6 is 15.9 Å². The summed E-state index contributed by atoms with van der Waals surface area (Å²) in [6, 6.07) is 8.86. The first-order valence-electron chi connectivity index (χ1n) is 5.38. The predicted molar refractivity (Wildman–Crippen MR) is 70.2 cm³/mol. The molecule has 0 heterocycles. The molecule has 2 rings (SSSR count). The first-order valence-corrected chi connectivity index (χ1v) is 6.50. The lowest BCUT2D eigenvalue weighted by atomic mass is 10.1. The maximum absolute atomic E-state index is 13.4. The van der Waals surface area contributed by atoms with E-state index in [4.69, 9.17) is 4.74 Å². The topological polar surface area (TPSA) is 9.23 Å². The molecule has 0 fully saturated rings. The molecule has 4 heteroatoms. The molecule has 18 heavy (non-hydrogen) atoms. The van der Waals surface area contributed by atoms with E-state index >= 15 is 0 Å². The SMILES string of the molecule is Cc1cc(CBr)ccc1Oc1ccc(F)cc1F. The lowest BCUT2D eigenvalue weighted by molar-refractivity contribution is 0.435. The Morgan fingerprint density at radius 1 is 1.06 bits per heavy atom. The second-order valence-corrected chi connectivity index (χ2v) is 4.47. The van der Waals surface area contributed by atoms with Crippen molar-refractivity contribution in [1.82, 2.24) is 0 Å². The Hall–Kier alpha value is -1.42.